The quantitative estimate of drug-likeness (QED) is 0.214. The zero-order valence-corrected chi connectivity index (χ0v) is 24.1. The first-order valence-corrected chi connectivity index (χ1v) is 14.5. The van der Waals surface area contributed by atoms with E-state index in [0.29, 0.717) is 25.8 Å². The summed E-state index contributed by atoms with van der Waals surface area (Å²) in [6.07, 6.45) is 6.82. The van der Waals surface area contributed by atoms with Crippen molar-refractivity contribution in [3.63, 3.8) is 0 Å². The molecule has 1 N–H and O–H groups in total. The number of aliphatic hydroxyl groups excluding tert-OH is 1. The van der Waals surface area contributed by atoms with E-state index >= 15 is 0 Å². The van der Waals surface area contributed by atoms with E-state index in [9.17, 15) is 19.5 Å². The van der Waals surface area contributed by atoms with Gasteiger partial charge in [-0.3, -0.25) is 14.4 Å². The second-order valence-electron chi connectivity index (χ2n) is 11.6. The number of rotatable bonds is 14. The summed E-state index contributed by atoms with van der Waals surface area (Å²) in [4.78, 5) is 45.6. The molecule has 8 heteroatoms. The normalized spacial score (nSPS) is 31.1. The van der Waals surface area contributed by atoms with Gasteiger partial charge in [-0.25, -0.2) is 0 Å². The van der Waals surface area contributed by atoms with Gasteiger partial charge in [0, 0.05) is 13.1 Å². The van der Waals surface area contributed by atoms with Gasteiger partial charge in [0.25, 0.3) is 0 Å². The van der Waals surface area contributed by atoms with E-state index in [1.54, 1.807) is 11.0 Å². The molecule has 0 aliphatic carbocycles. The molecule has 218 valence electrons. The SMILES string of the molecule is C=CCCCCOC(=O)[C@H]1[C@H]2C(=O)N([C@@H](CC)CO)C(C(=O)N(CC=C)Cc3ccccc3)C23CC(C)[C@]1(C)O3. The van der Waals surface area contributed by atoms with Gasteiger partial charge in [-0.15, -0.1) is 13.2 Å². The molecule has 3 aliphatic rings. The number of esters is 1. The van der Waals surface area contributed by atoms with Gasteiger partial charge in [0.2, 0.25) is 11.8 Å². The van der Waals surface area contributed by atoms with E-state index in [0.717, 1.165) is 18.4 Å². The first-order valence-electron chi connectivity index (χ1n) is 14.5. The maximum absolute atomic E-state index is 14.5. The molecule has 3 unspecified atom stereocenters. The summed E-state index contributed by atoms with van der Waals surface area (Å²) >= 11 is 0. The Morgan fingerprint density at radius 2 is 1.98 bits per heavy atom. The third-order valence-corrected chi connectivity index (χ3v) is 9.24. The summed E-state index contributed by atoms with van der Waals surface area (Å²) < 4.78 is 12.5. The molecule has 3 fully saturated rings. The predicted octanol–water partition coefficient (Wildman–Crippen LogP) is 3.88. The number of aliphatic hydroxyl groups is 1. The average molecular weight is 553 g/mol. The molecule has 7 atom stereocenters. The van der Waals surface area contributed by atoms with Gasteiger partial charge in [-0.1, -0.05) is 56.3 Å². The zero-order chi connectivity index (χ0) is 29.1. The number of amides is 2. The smallest absolute Gasteiger partial charge is 0.312 e. The Morgan fingerprint density at radius 1 is 1.25 bits per heavy atom. The first kappa shape index (κ1) is 30.0. The maximum Gasteiger partial charge on any atom is 0.312 e. The number of nitrogens with zero attached hydrogens (tertiary/aromatic N) is 2. The number of carbonyl (C=O) groups excluding carboxylic acids is 3. The average Bonchev–Trinajstić information content (AvgIpc) is 3.46. The molecule has 0 aromatic heterocycles. The number of hydrogen-bond acceptors (Lipinski definition) is 6. The lowest BCUT2D eigenvalue weighted by atomic mass is 9.62. The largest absolute Gasteiger partial charge is 0.465 e. The molecule has 3 heterocycles. The summed E-state index contributed by atoms with van der Waals surface area (Å²) in [5, 5.41) is 10.3. The van der Waals surface area contributed by atoms with Crippen molar-refractivity contribution < 1.29 is 29.0 Å². The van der Waals surface area contributed by atoms with Gasteiger partial charge in [0.05, 0.1) is 30.8 Å². The molecule has 0 saturated carbocycles. The fourth-order valence-electron chi connectivity index (χ4n) is 7.14. The van der Waals surface area contributed by atoms with Crippen LogP contribution in [0.5, 0.6) is 0 Å². The summed E-state index contributed by atoms with van der Waals surface area (Å²) in [6, 6.07) is 8.11. The molecule has 8 nitrogen and oxygen atoms in total. The number of benzene rings is 1. The van der Waals surface area contributed by atoms with Crippen LogP contribution in [0.2, 0.25) is 0 Å². The molecule has 4 rings (SSSR count). The van der Waals surface area contributed by atoms with E-state index in [1.165, 1.54) is 4.90 Å². The Labute approximate surface area is 238 Å². The molecule has 1 aromatic carbocycles. The number of ether oxygens (including phenoxy) is 2. The second-order valence-corrected chi connectivity index (χ2v) is 11.6. The van der Waals surface area contributed by atoms with Gasteiger partial charge >= 0.3 is 5.97 Å². The van der Waals surface area contributed by atoms with Crippen molar-refractivity contribution in [3.05, 3.63) is 61.2 Å². The van der Waals surface area contributed by atoms with E-state index in [4.69, 9.17) is 9.47 Å². The maximum atomic E-state index is 14.5. The molecule has 40 heavy (non-hydrogen) atoms. The molecule has 1 spiro atoms. The van der Waals surface area contributed by atoms with Crippen LogP contribution in [0.1, 0.15) is 58.4 Å². The highest BCUT2D eigenvalue weighted by Crippen LogP contribution is 2.65. The topological polar surface area (TPSA) is 96.4 Å². The Hall–Kier alpha value is -2.97. The minimum absolute atomic E-state index is 0.0821. The van der Waals surface area contributed by atoms with Gasteiger partial charge in [-0.05, 0) is 50.5 Å². The van der Waals surface area contributed by atoms with Crippen LogP contribution >= 0.6 is 0 Å². The Kier molecular flexibility index (Phi) is 9.20. The van der Waals surface area contributed by atoms with Crippen LogP contribution in [0, 0.1) is 17.8 Å². The fourth-order valence-corrected chi connectivity index (χ4v) is 7.14. The lowest BCUT2D eigenvalue weighted by Crippen LogP contribution is -2.58. The predicted molar refractivity (Wildman–Crippen MR) is 152 cm³/mol. The molecular formula is C32H44N2O6. The Morgan fingerprint density at radius 3 is 2.60 bits per heavy atom. The summed E-state index contributed by atoms with van der Waals surface area (Å²) in [5.41, 5.74) is -1.17. The van der Waals surface area contributed by atoms with Crippen LogP contribution in [-0.2, 0) is 30.4 Å². The molecule has 1 aromatic rings. The Balaban J connectivity index is 1.72. The number of allylic oxidation sites excluding steroid dienone is 1. The lowest BCUT2D eigenvalue weighted by molar-refractivity contribution is -0.164. The van der Waals surface area contributed by atoms with Crippen LogP contribution in [0.4, 0.5) is 0 Å². The van der Waals surface area contributed by atoms with E-state index in [-0.39, 0.29) is 37.5 Å². The van der Waals surface area contributed by atoms with Gasteiger partial charge in [-0.2, -0.15) is 0 Å². The number of hydrogen-bond donors (Lipinski definition) is 1. The van der Waals surface area contributed by atoms with Crippen molar-refractivity contribution in [3.8, 4) is 0 Å². The number of carbonyl (C=O) groups is 3. The molecular weight excluding hydrogens is 508 g/mol. The van der Waals surface area contributed by atoms with Crippen molar-refractivity contribution in [2.24, 2.45) is 17.8 Å². The zero-order valence-electron chi connectivity index (χ0n) is 24.1. The third kappa shape index (κ3) is 5.00. The highest BCUT2D eigenvalue weighted by Gasteiger charge is 2.80. The lowest BCUT2D eigenvalue weighted by Gasteiger charge is -2.39. The van der Waals surface area contributed by atoms with Crippen LogP contribution in [-0.4, -0.2) is 75.7 Å². The summed E-state index contributed by atoms with van der Waals surface area (Å²) in [7, 11) is 0. The molecule has 0 radical (unpaired) electrons. The minimum Gasteiger partial charge on any atom is -0.465 e. The van der Waals surface area contributed by atoms with Crippen molar-refractivity contribution in [1.29, 1.82) is 0 Å². The molecule has 2 amide bonds. The fraction of sp³-hybridized carbons (Fsp3) is 0.594. The van der Waals surface area contributed by atoms with Crippen molar-refractivity contribution in [1.82, 2.24) is 9.80 Å². The second kappa shape index (κ2) is 12.3. The van der Waals surface area contributed by atoms with Crippen molar-refractivity contribution >= 4 is 17.8 Å². The van der Waals surface area contributed by atoms with E-state index < -0.39 is 41.1 Å². The highest BCUT2D eigenvalue weighted by molar-refractivity contribution is 5.98. The molecule has 3 aliphatic heterocycles. The standard InChI is InChI=1S/C32H44N2O6/c1-6-9-10-14-18-39-30(38)26-25-28(36)34(24(8-3)21-35)27(32(25)19-22(4)31(26,5)40-32)29(37)33(17-7-2)20-23-15-12-11-13-16-23/h6-7,11-13,15-16,22,24-27,35H,1-2,8-10,14,17-21H2,3-5H3/t22?,24-,25-,26+,27?,31-,32?/m0/s1. The summed E-state index contributed by atoms with van der Waals surface area (Å²) in [6.45, 7) is 13.9. The third-order valence-electron chi connectivity index (χ3n) is 9.24. The number of likely N-dealkylation sites (tertiary alicyclic amines) is 1. The summed E-state index contributed by atoms with van der Waals surface area (Å²) in [5.74, 6) is -2.80. The first-order chi connectivity index (χ1) is 19.2. The minimum atomic E-state index is -1.19. The van der Waals surface area contributed by atoms with Crippen LogP contribution in [0.15, 0.2) is 55.6 Å². The van der Waals surface area contributed by atoms with E-state index in [2.05, 4.69) is 13.2 Å². The van der Waals surface area contributed by atoms with Crippen LogP contribution < -0.4 is 0 Å². The van der Waals surface area contributed by atoms with Crippen LogP contribution in [0.3, 0.4) is 0 Å². The van der Waals surface area contributed by atoms with Crippen LogP contribution in [0.25, 0.3) is 0 Å². The monoisotopic (exact) mass is 552 g/mol. The molecule has 3 saturated heterocycles. The highest BCUT2D eigenvalue weighted by atomic mass is 16.6. The number of unbranched alkanes of at least 4 members (excludes halogenated alkanes) is 2. The van der Waals surface area contributed by atoms with Gasteiger partial charge < -0.3 is 24.4 Å². The molecule has 2 bridgehead atoms. The Bertz CT molecular complexity index is 1100. The number of fused-ring (bicyclic) bond motifs is 1. The van der Waals surface area contributed by atoms with Crippen molar-refractivity contribution in [2.75, 3.05) is 19.8 Å². The van der Waals surface area contributed by atoms with E-state index in [1.807, 2.05) is 57.2 Å². The van der Waals surface area contributed by atoms with Gasteiger partial charge in [0.1, 0.15) is 17.6 Å². The van der Waals surface area contributed by atoms with Gasteiger partial charge in [0.15, 0.2) is 0 Å². The van der Waals surface area contributed by atoms with Crippen molar-refractivity contribution in [2.45, 2.75) is 82.7 Å².